The van der Waals surface area contributed by atoms with Crippen LogP contribution in [0.15, 0.2) is 59.7 Å². The van der Waals surface area contributed by atoms with Crippen LogP contribution in [0.25, 0.3) is 11.1 Å². The number of carbonyl (C=O) groups excluding carboxylic acids is 1. The van der Waals surface area contributed by atoms with Gasteiger partial charge >= 0.3 is 0 Å². The molecule has 1 amide bonds. The van der Waals surface area contributed by atoms with Gasteiger partial charge in [0.2, 0.25) is 5.91 Å². The fourth-order valence-corrected chi connectivity index (χ4v) is 2.00. The summed E-state index contributed by atoms with van der Waals surface area (Å²) in [6.07, 6.45) is 3.66. The maximum atomic E-state index is 11.4. The Bertz CT molecular complexity index is 613. The zero-order chi connectivity index (χ0) is 13.8. The number of amides is 1. The first-order valence-electron chi connectivity index (χ1n) is 6.81. The van der Waals surface area contributed by atoms with Crippen molar-refractivity contribution in [2.75, 3.05) is 0 Å². The van der Waals surface area contributed by atoms with Gasteiger partial charge in [-0.25, -0.2) is 5.43 Å². The highest BCUT2D eigenvalue weighted by Gasteiger charge is 2.29. The third-order valence-corrected chi connectivity index (χ3v) is 3.35. The minimum absolute atomic E-state index is 0.0298. The van der Waals surface area contributed by atoms with Crippen LogP contribution < -0.4 is 5.43 Å². The van der Waals surface area contributed by atoms with Gasteiger partial charge in [0.25, 0.3) is 0 Å². The van der Waals surface area contributed by atoms with Gasteiger partial charge in [0, 0.05) is 5.92 Å². The van der Waals surface area contributed by atoms with Crippen molar-refractivity contribution in [3.63, 3.8) is 0 Å². The summed E-state index contributed by atoms with van der Waals surface area (Å²) in [5.74, 6) is 0.217. The molecular weight excluding hydrogens is 248 g/mol. The molecule has 2 aromatic carbocycles. The number of benzene rings is 2. The zero-order valence-electron chi connectivity index (χ0n) is 11.1. The Hall–Kier alpha value is -2.42. The average molecular weight is 264 g/mol. The molecule has 0 heterocycles. The average Bonchev–Trinajstić information content (AvgIpc) is 3.33. The van der Waals surface area contributed by atoms with Crippen molar-refractivity contribution in [2.24, 2.45) is 11.0 Å². The number of nitrogens with zero attached hydrogens (tertiary/aromatic N) is 1. The Labute approximate surface area is 118 Å². The van der Waals surface area contributed by atoms with Crippen LogP contribution in [0.5, 0.6) is 0 Å². The van der Waals surface area contributed by atoms with Gasteiger partial charge in [0.15, 0.2) is 0 Å². The molecule has 0 aliphatic heterocycles. The second-order valence-corrected chi connectivity index (χ2v) is 5.00. The highest BCUT2D eigenvalue weighted by atomic mass is 16.2. The number of hydrogen-bond donors (Lipinski definition) is 1. The lowest BCUT2D eigenvalue weighted by Crippen LogP contribution is -2.18. The van der Waals surface area contributed by atoms with Gasteiger partial charge in [0.05, 0.1) is 6.21 Å². The largest absolute Gasteiger partial charge is 0.273 e. The third kappa shape index (κ3) is 3.12. The van der Waals surface area contributed by atoms with E-state index in [1.807, 2.05) is 30.3 Å². The third-order valence-electron chi connectivity index (χ3n) is 3.35. The number of hydrazone groups is 1. The summed E-state index contributed by atoms with van der Waals surface area (Å²) < 4.78 is 0. The first kappa shape index (κ1) is 12.6. The van der Waals surface area contributed by atoms with Crippen LogP contribution in [0.2, 0.25) is 0 Å². The van der Waals surface area contributed by atoms with Crippen LogP contribution in [0.1, 0.15) is 18.4 Å². The van der Waals surface area contributed by atoms with Crippen LogP contribution >= 0.6 is 0 Å². The van der Waals surface area contributed by atoms with Crippen LogP contribution in [0, 0.1) is 5.92 Å². The van der Waals surface area contributed by atoms with Crippen molar-refractivity contribution >= 4 is 12.1 Å². The molecule has 1 fully saturated rings. The molecule has 1 aliphatic carbocycles. The van der Waals surface area contributed by atoms with E-state index in [2.05, 4.69) is 34.8 Å². The summed E-state index contributed by atoms with van der Waals surface area (Å²) in [6.45, 7) is 0. The smallest absolute Gasteiger partial charge is 0.243 e. The van der Waals surface area contributed by atoms with E-state index < -0.39 is 0 Å². The molecular formula is C17H16N2O. The van der Waals surface area contributed by atoms with Gasteiger partial charge in [0.1, 0.15) is 0 Å². The molecule has 0 atom stereocenters. The van der Waals surface area contributed by atoms with Crippen LogP contribution in [-0.2, 0) is 4.79 Å². The Balaban J connectivity index is 1.64. The summed E-state index contributed by atoms with van der Waals surface area (Å²) >= 11 is 0. The van der Waals surface area contributed by atoms with Crippen molar-refractivity contribution in [1.82, 2.24) is 5.43 Å². The Morgan fingerprint density at radius 1 is 1.00 bits per heavy atom. The normalized spacial score (nSPS) is 14.4. The molecule has 20 heavy (non-hydrogen) atoms. The Morgan fingerprint density at radius 3 is 2.30 bits per heavy atom. The van der Waals surface area contributed by atoms with Gasteiger partial charge in [-0.3, -0.25) is 4.79 Å². The van der Waals surface area contributed by atoms with E-state index in [4.69, 9.17) is 0 Å². The summed E-state index contributed by atoms with van der Waals surface area (Å²) in [7, 11) is 0. The standard InChI is InChI=1S/C17H16N2O/c20-17(16-10-11-16)19-18-12-13-6-8-15(9-7-13)14-4-2-1-3-5-14/h1-9,12,16H,10-11H2,(H,19,20)/b18-12-. The first-order valence-corrected chi connectivity index (χ1v) is 6.81. The maximum Gasteiger partial charge on any atom is 0.243 e. The van der Waals surface area contributed by atoms with E-state index in [1.54, 1.807) is 6.21 Å². The summed E-state index contributed by atoms with van der Waals surface area (Å²) in [5.41, 5.74) is 5.91. The van der Waals surface area contributed by atoms with Crippen molar-refractivity contribution in [3.05, 3.63) is 60.2 Å². The molecule has 0 aromatic heterocycles. The molecule has 0 bridgehead atoms. The SMILES string of the molecule is O=C(N/N=C\c1ccc(-c2ccccc2)cc1)C1CC1. The monoisotopic (exact) mass is 264 g/mol. The summed E-state index contributed by atoms with van der Waals surface area (Å²) in [4.78, 5) is 11.4. The predicted octanol–water partition coefficient (Wildman–Crippen LogP) is 3.21. The lowest BCUT2D eigenvalue weighted by Gasteiger charge is -2.01. The second-order valence-electron chi connectivity index (χ2n) is 5.00. The molecule has 0 unspecified atom stereocenters. The molecule has 3 heteroatoms. The van der Waals surface area contributed by atoms with Crippen molar-refractivity contribution < 1.29 is 4.79 Å². The molecule has 3 rings (SSSR count). The number of nitrogens with one attached hydrogen (secondary N) is 1. The lowest BCUT2D eigenvalue weighted by molar-refractivity contribution is -0.122. The van der Waals surface area contributed by atoms with Crippen molar-refractivity contribution in [2.45, 2.75) is 12.8 Å². The molecule has 100 valence electrons. The van der Waals surface area contributed by atoms with E-state index in [9.17, 15) is 4.79 Å². The van der Waals surface area contributed by atoms with Crippen LogP contribution in [-0.4, -0.2) is 12.1 Å². The van der Waals surface area contributed by atoms with E-state index in [0.717, 1.165) is 18.4 Å². The number of rotatable bonds is 4. The van der Waals surface area contributed by atoms with Gasteiger partial charge < -0.3 is 0 Å². The Morgan fingerprint density at radius 2 is 1.65 bits per heavy atom. The van der Waals surface area contributed by atoms with Gasteiger partial charge in [-0.15, -0.1) is 0 Å². The van der Waals surface area contributed by atoms with Gasteiger partial charge in [-0.05, 0) is 29.5 Å². The van der Waals surface area contributed by atoms with Crippen molar-refractivity contribution in [3.8, 4) is 11.1 Å². The molecule has 1 aliphatic rings. The second kappa shape index (κ2) is 5.70. The molecule has 0 radical (unpaired) electrons. The van der Waals surface area contributed by atoms with E-state index >= 15 is 0 Å². The zero-order valence-corrected chi connectivity index (χ0v) is 11.1. The van der Waals surface area contributed by atoms with Crippen LogP contribution in [0.4, 0.5) is 0 Å². The minimum Gasteiger partial charge on any atom is -0.273 e. The summed E-state index contributed by atoms with van der Waals surface area (Å²) in [5, 5.41) is 3.98. The minimum atomic E-state index is 0.0298. The topological polar surface area (TPSA) is 41.5 Å². The maximum absolute atomic E-state index is 11.4. The molecule has 0 saturated heterocycles. The van der Waals surface area contributed by atoms with Gasteiger partial charge in [-0.2, -0.15) is 5.10 Å². The summed E-state index contributed by atoms with van der Waals surface area (Å²) in [6, 6.07) is 18.3. The molecule has 2 aromatic rings. The van der Waals surface area contributed by atoms with E-state index in [-0.39, 0.29) is 11.8 Å². The first-order chi connectivity index (χ1) is 9.83. The molecule has 3 nitrogen and oxygen atoms in total. The lowest BCUT2D eigenvalue weighted by atomic mass is 10.0. The quantitative estimate of drug-likeness (QED) is 0.668. The highest BCUT2D eigenvalue weighted by molar-refractivity contribution is 5.84. The van der Waals surface area contributed by atoms with Crippen molar-refractivity contribution in [1.29, 1.82) is 0 Å². The Kier molecular flexibility index (Phi) is 3.59. The molecule has 1 saturated carbocycles. The number of carbonyl (C=O) groups is 1. The van der Waals surface area contributed by atoms with E-state index in [1.165, 1.54) is 11.1 Å². The fourth-order valence-electron chi connectivity index (χ4n) is 2.00. The fraction of sp³-hybridized carbons (Fsp3) is 0.176. The van der Waals surface area contributed by atoms with E-state index in [0.29, 0.717) is 0 Å². The van der Waals surface area contributed by atoms with Crippen LogP contribution in [0.3, 0.4) is 0 Å². The molecule has 0 spiro atoms. The predicted molar refractivity (Wildman–Crippen MR) is 80.3 cm³/mol. The van der Waals surface area contributed by atoms with Gasteiger partial charge in [-0.1, -0.05) is 54.6 Å². The highest BCUT2D eigenvalue weighted by Crippen LogP contribution is 2.28. The number of hydrogen-bond acceptors (Lipinski definition) is 2. The molecule has 1 N–H and O–H groups in total.